The largest absolute Gasteiger partial charge is 0.472 e. The van der Waals surface area contributed by atoms with Crippen molar-refractivity contribution in [2.75, 3.05) is 44.0 Å². The summed E-state index contributed by atoms with van der Waals surface area (Å²) in [5, 5.41) is 17.0. The molecule has 5 N–H and O–H groups in total. The number of likely N-dealkylation sites (N-methyl/N-ethyl adjacent to an activating group) is 1. The standard InChI is InChI=1S/C33H40FN7O/c1-5-16-40(4)19-21(3)42-33-30(36)32(41(37)24-12-14-38-15-13-24)26-17-20(2)27(29(34)31(26)39-33)25-11-7-9-22-8-6-10-23(18-35)28(22)25/h6-11,17,21,24,38H,5,12-16,19,36-37H2,1-4H3. The van der Waals surface area contributed by atoms with Crippen molar-refractivity contribution in [3.8, 4) is 23.1 Å². The Bertz CT molecular complexity index is 1640. The molecule has 1 aliphatic heterocycles. The predicted molar refractivity (Wildman–Crippen MR) is 169 cm³/mol. The fourth-order valence-corrected chi connectivity index (χ4v) is 6.21. The third-order valence-electron chi connectivity index (χ3n) is 8.13. The van der Waals surface area contributed by atoms with Gasteiger partial charge in [0, 0.05) is 28.9 Å². The highest BCUT2D eigenvalue weighted by atomic mass is 19.1. The second-order valence-corrected chi connectivity index (χ2v) is 11.4. The number of halogens is 1. The van der Waals surface area contributed by atoms with Crippen LogP contribution in [0.15, 0.2) is 42.5 Å². The Morgan fingerprint density at radius 1 is 1.21 bits per heavy atom. The lowest BCUT2D eigenvalue weighted by molar-refractivity contribution is 0.158. The Kier molecular flexibility index (Phi) is 8.78. The first kappa shape index (κ1) is 29.5. The maximum absolute atomic E-state index is 16.9. The number of nitrogens with one attached hydrogen (secondary N) is 1. The summed E-state index contributed by atoms with van der Waals surface area (Å²) in [5.41, 5.74) is 9.95. The van der Waals surface area contributed by atoms with Crippen LogP contribution in [-0.4, -0.2) is 55.3 Å². The molecule has 1 atom stereocenters. The number of piperidine rings is 1. The van der Waals surface area contributed by atoms with E-state index in [0.29, 0.717) is 50.9 Å². The van der Waals surface area contributed by atoms with E-state index >= 15 is 4.39 Å². The highest BCUT2D eigenvalue weighted by Crippen LogP contribution is 2.44. The lowest BCUT2D eigenvalue weighted by Gasteiger charge is -2.34. The van der Waals surface area contributed by atoms with Crippen LogP contribution in [0.25, 0.3) is 32.8 Å². The van der Waals surface area contributed by atoms with Gasteiger partial charge in [-0.2, -0.15) is 5.26 Å². The fraction of sp³-hybridized carbons (Fsp3) is 0.394. The minimum atomic E-state index is -0.495. The summed E-state index contributed by atoms with van der Waals surface area (Å²) < 4.78 is 23.2. The molecule has 1 aromatic heterocycles. The van der Waals surface area contributed by atoms with E-state index in [4.69, 9.17) is 21.3 Å². The summed E-state index contributed by atoms with van der Waals surface area (Å²) in [5.74, 6) is 6.47. The minimum Gasteiger partial charge on any atom is -0.472 e. The Morgan fingerprint density at radius 2 is 1.93 bits per heavy atom. The highest BCUT2D eigenvalue weighted by molar-refractivity contribution is 6.06. The van der Waals surface area contributed by atoms with Gasteiger partial charge in [-0.1, -0.05) is 37.3 Å². The number of hydrazine groups is 1. The highest BCUT2D eigenvalue weighted by Gasteiger charge is 2.28. The number of aromatic nitrogens is 1. The third kappa shape index (κ3) is 5.58. The van der Waals surface area contributed by atoms with Crippen molar-refractivity contribution in [1.82, 2.24) is 15.2 Å². The first-order valence-electron chi connectivity index (χ1n) is 14.7. The number of hydrogen-bond acceptors (Lipinski definition) is 8. The van der Waals surface area contributed by atoms with Crippen molar-refractivity contribution in [3.63, 3.8) is 0 Å². The summed E-state index contributed by atoms with van der Waals surface area (Å²) in [6.07, 6.45) is 2.45. The summed E-state index contributed by atoms with van der Waals surface area (Å²) in [6.45, 7) is 9.23. The number of nitrogens with two attached hydrogens (primary N) is 2. The normalized spacial score (nSPS) is 14.8. The summed E-state index contributed by atoms with van der Waals surface area (Å²) in [7, 11) is 2.04. The first-order valence-corrected chi connectivity index (χ1v) is 14.7. The second-order valence-electron chi connectivity index (χ2n) is 11.4. The maximum Gasteiger partial charge on any atom is 0.240 e. The molecule has 2 heterocycles. The van der Waals surface area contributed by atoms with E-state index in [1.54, 1.807) is 11.1 Å². The quantitative estimate of drug-likeness (QED) is 0.179. The minimum absolute atomic E-state index is 0.0272. The van der Waals surface area contributed by atoms with Gasteiger partial charge >= 0.3 is 0 Å². The van der Waals surface area contributed by atoms with Gasteiger partial charge in [0.25, 0.3) is 0 Å². The molecular weight excluding hydrogens is 529 g/mol. The molecule has 1 aliphatic rings. The van der Waals surface area contributed by atoms with Gasteiger partial charge in [-0.05, 0) is 88.4 Å². The molecule has 8 nitrogen and oxygen atoms in total. The number of aryl methyl sites for hydroxylation is 1. The topological polar surface area (TPSA) is 116 Å². The van der Waals surface area contributed by atoms with Gasteiger partial charge in [-0.15, -0.1) is 0 Å². The molecule has 220 valence electrons. The third-order valence-corrected chi connectivity index (χ3v) is 8.13. The molecule has 1 fully saturated rings. The number of hydrogen-bond donors (Lipinski definition) is 3. The lowest BCUT2D eigenvalue weighted by Crippen LogP contribution is -2.47. The van der Waals surface area contributed by atoms with Crippen LogP contribution < -0.4 is 26.6 Å². The Balaban J connectivity index is 1.73. The smallest absolute Gasteiger partial charge is 0.240 e. The number of nitrogens with zero attached hydrogens (tertiary/aromatic N) is 4. The van der Waals surface area contributed by atoms with Crippen molar-refractivity contribution in [3.05, 3.63) is 59.4 Å². The number of nitriles is 1. The van der Waals surface area contributed by atoms with Crippen LogP contribution >= 0.6 is 0 Å². The number of nitrogen functional groups attached to an aromatic ring is 1. The summed E-state index contributed by atoms with van der Waals surface area (Å²) in [4.78, 5) is 6.89. The molecule has 0 saturated carbocycles. The van der Waals surface area contributed by atoms with Gasteiger partial charge in [-0.3, -0.25) is 0 Å². The molecule has 1 unspecified atom stereocenters. The molecule has 5 rings (SSSR count). The number of pyridine rings is 1. The zero-order valence-corrected chi connectivity index (χ0v) is 24.9. The summed E-state index contributed by atoms with van der Waals surface area (Å²) in [6, 6.07) is 15.4. The van der Waals surface area contributed by atoms with E-state index in [1.165, 1.54) is 0 Å². The fourth-order valence-electron chi connectivity index (χ4n) is 6.21. The number of fused-ring (bicyclic) bond motifs is 2. The van der Waals surface area contributed by atoms with Gasteiger partial charge in [0.05, 0.1) is 17.3 Å². The number of benzene rings is 3. The van der Waals surface area contributed by atoms with Gasteiger partial charge in [0.1, 0.15) is 17.3 Å². The number of anilines is 2. The molecule has 9 heteroatoms. The van der Waals surface area contributed by atoms with E-state index < -0.39 is 5.82 Å². The van der Waals surface area contributed by atoms with Gasteiger partial charge < -0.3 is 25.7 Å². The average molecular weight is 570 g/mol. The Labute approximate surface area is 247 Å². The molecular formula is C33H40FN7O. The van der Waals surface area contributed by atoms with Crippen LogP contribution in [0.2, 0.25) is 0 Å². The van der Waals surface area contributed by atoms with E-state index in [-0.39, 0.29) is 23.5 Å². The number of ether oxygens (including phenoxy) is 1. The van der Waals surface area contributed by atoms with Crippen LogP contribution in [0.5, 0.6) is 5.88 Å². The number of rotatable bonds is 9. The SMILES string of the molecule is CCCN(C)CC(C)Oc1nc2c(F)c(-c3cccc4cccc(C#N)c34)c(C)cc2c(N(N)C2CCNCC2)c1N. The molecule has 0 spiro atoms. The van der Waals surface area contributed by atoms with Crippen molar-refractivity contribution in [2.24, 2.45) is 5.84 Å². The van der Waals surface area contributed by atoms with Gasteiger partial charge in [-0.25, -0.2) is 15.2 Å². The van der Waals surface area contributed by atoms with E-state index in [2.05, 4.69) is 23.2 Å². The lowest BCUT2D eigenvalue weighted by atomic mass is 9.90. The van der Waals surface area contributed by atoms with Crippen LogP contribution in [0.3, 0.4) is 0 Å². The molecule has 3 aromatic carbocycles. The average Bonchev–Trinajstić information content (AvgIpc) is 2.98. The van der Waals surface area contributed by atoms with Gasteiger partial charge in [0.2, 0.25) is 5.88 Å². The maximum atomic E-state index is 16.9. The van der Waals surface area contributed by atoms with E-state index in [9.17, 15) is 5.26 Å². The molecule has 0 radical (unpaired) electrons. The van der Waals surface area contributed by atoms with Crippen LogP contribution in [0, 0.1) is 24.1 Å². The van der Waals surface area contributed by atoms with Crippen molar-refractivity contribution in [1.29, 1.82) is 5.26 Å². The van der Waals surface area contributed by atoms with Gasteiger partial charge in [0.15, 0.2) is 5.82 Å². The molecule has 4 aromatic rings. The van der Waals surface area contributed by atoms with Crippen molar-refractivity contribution in [2.45, 2.75) is 52.2 Å². The zero-order chi connectivity index (χ0) is 30.0. The Morgan fingerprint density at radius 3 is 2.62 bits per heavy atom. The molecule has 0 bridgehead atoms. The zero-order valence-electron chi connectivity index (χ0n) is 24.9. The molecule has 0 aliphatic carbocycles. The Hall–Kier alpha value is -3.97. The van der Waals surface area contributed by atoms with Crippen molar-refractivity contribution < 1.29 is 9.13 Å². The molecule has 0 amide bonds. The molecule has 1 saturated heterocycles. The van der Waals surface area contributed by atoms with Crippen LogP contribution in [-0.2, 0) is 0 Å². The van der Waals surface area contributed by atoms with Crippen molar-refractivity contribution >= 4 is 33.1 Å². The predicted octanol–water partition coefficient (Wildman–Crippen LogP) is 5.50. The first-order chi connectivity index (χ1) is 20.2. The monoisotopic (exact) mass is 569 g/mol. The van der Waals surface area contributed by atoms with Crippen LogP contribution in [0.4, 0.5) is 15.8 Å². The van der Waals surface area contributed by atoms with E-state index in [0.717, 1.165) is 44.3 Å². The van der Waals surface area contributed by atoms with E-state index in [1.807, 2.05) is 57.3 Å². The second kappa shape index (κ2) is 12.5. The van der Waals surface area contributed by atoms with Crippen LogP contribution in [0.1, 0.15) is 44.2 Å². The summed E-state index contributed by atoms with van der Waals surface area (Å²) >= 11 is 0. The molecule has 42 heavy (non-hydrogen) atoms.